The van der Waals surface area contributed by atoms with E-state index in [0.29, 0.717) is 11.3 Å². The second-order valence-corrected chi connectivity index (χ2v) is 3.69. The van der Waals surface area contributed by atoms with Crippen LogP contribution < -0.4 is 11.3 Å². The highest BCUT2D eigenvalue weighted by atomic mass is 19.2. The van der Waals surface area contributed by atoms with Crippen molar-refractivity contribution in [2.45, 2.75) is 6.04 Å². The predicted octanol–water partition coefficient (Wildman–Crippen LogP) is 1.25. The van der Waals surface area contributed by atoms with Gasteiger partial charge < -0.3 is 0 Å². The maximum atomic E-state index is 13.1. The van der Waals surface area contributed by atoms with Crippen LogP contribution in [0.2, 0.25) is 0 Å². The summed E-state index contributed by atoms with van der Waals surface area (Å²) < 4.78 is 27.6. The van der Waals surface area contributed by atoms with Crippen LogP contribution in [0.3, 0.4) is 0 Å². The molecule has 0 radical (unpaired) electrons. The van der Waals surface area contributed by atoms with E-state index < -0.39 is 17.7 Å². The van der Waals surface area contributed by atoms with Gasteiger partial charge in [-0.05, 0) is 23.8 Å². The van der Waals surface area contributed by atoms with Crippen molar-refractivity contribution in [3.63, 3.8) is 0 Å². The van der Waals surface area contributed by atoms with Gasteiger partial charge >= 0.3 is 0 Å². The zero-order valence-corrected chi connectivity index (χ0v) is 9.19. The van der Waals surface area contributed by atoms with Crippen LogP contribution in [0.25, 0.3) is 0 Å². The van der Waals surface area contributed by atoms with Crippen LogP contribution in [0.1, 0.15) is 17.3 Å². The summed E-state index contributed by atoms with van der Waals surface area (Å²) in [4.78, 5) is 0. The van der Waals surface area contributed by atoms with Gasteiger partial charge in [-0.25, -0.2) is 14.2 Å². The van der Waals surface area contributed by atoms with Crippen molar-refractivity contribution < 1.29 is 8.78 Å². The number of hydrogen-bond acceptors (Lipinski definition) is 3. The highest BCUT2D eigenvalue weighted by molar-refractivity contribution is 5.28. The largest absolute Gasteiger partial charge is 0.275 e. The summed E-state index contributed by atoms with van der Waals surface area (Å²) in [6.07, 6.45) is 1.75. The van der Waals surface area contributed by atoms with Gasteiger partial charge in [0.15, 0.2) is 11.6 Å². The molecule has 6 heteroatoms. The molecule has 1 unspecified atom stereocenters. The van der Waals surface area contributed by atoms with Crippen LogP contribution in [0.15, 0.2) is 30.5 Å². The molecule has 4 nitrogen and oxygen atoms in total. The fourth-order valence-corrected chi connectivity index (χ4v) is 1.63. The molecule has 3 N–H and O–H groups in total. The second kappa shape index (κ2) is 4.60. The molecule has 0 aliphatic rings. The molecule has 0 aliphatic heterocycles. The van der Waals surface area contributed by atoms with Crippen molar-refractivity contribution in [3.05, 3.63) is 53.4 Å². The summed E-state index contributed by atoms with van der Waals surface area (Å²) in [5, 5.41) is 4.17. The van der Waals surface area contributed by atoms with Crippen molar-refractivity contribution in [3.8, 4) is 0 Å². The van der Waals surface area contributed by atoms with Gasteiger partial charge in [0.1, 0.15) is 0 Å². The van der Waals surface area contributed by atoms with Crippen LogP contribution >= 0.6 is 0 Å². The number of nitrogens with zero attached hydrogens (tertiary/aromatic N) is 2. The zero-order valence-electron chi connectivity index (χ0n) is 9.19. The van der Waals surface area contributed by atoms with E-state index in [1.54, 1.807) is 24.0 Å². The lowest BCUT2D eigenvalue weighted by atomic mass is 10.0. The van der Waals surface area contributed by atoms with E-state index >= 15 is 0 Å². The molecule has 0 aliphatic carbocycles. The highest BCUT2D eigenvalue weighted by Crippen LogP contribution is 2.21. The number of nitrogens with one attached hydrogen (secondary N) is 1. The Bertz CT molecular complexity index is 524. The summed E-state index contributed by atoms with van der Waals surface area (Å²) in [6, 6.07) is 4.93. The summed E-state index contributed by atoms with van der Waals surface area (Å²) in [5.41, 5.74) is 3.69. The Labute approximate surface area is 97.0 Å². The van der Waals surface area contributed by atoms with E-state index in [2.05, 4.69) is 10.5 Å². The van der Waals surface area contributed by atoms with Gasteiger partial charge in [-0.2, -0.15) is 5.10 Å². The number of aryl methyl sites for hydroxylation is 1. The molecular weight excluding hydrogens is 226 g/mol. The first kappa shape index (κ1) is 11.7. The zero-order chi connectivity index (χ0) is 12.4. The molecule has 2 rings (SSSR count). The minimum absolute atomic E-state index is 0.466. The van der Waals surface area contributed by atoms with Crippen LogP contribution in [0.5, 0.6) is 0 Å². The quantitative estimate of drug-likeness (QED) is 0.625. The van der Waals surface area contributed by atoms with Crippen molar-refractivity contribution in [1.29, 1.82) is 0 Å². The molecule has 1 aromatic heterocycles. The summed E-state index contributed by atoms with van der Waals surface area (Å²) in [7, 11) is 1.77. The number of benzene rings is 1. The van der Waals surface area contributed by atoms with Gasteiger partial charge in [-0.1, -0.05) is 6.07 Å². The smallest absolute Gasteiger partial charge is 0.159 e. The summed E-state index contributed by atoms with van der Waals surface area (Å²) >= 11 is 0. The Balaban J connectivity index is 2.38. The first-order chi connectivity index (χ1) is 8.11. The molecule has 0 bridgehead atoms. The third-order valence-electron chi connectivity index (χ3n) is 2.47. The molecule has 1 atom stereocenters. The number of rotatable bonds is 3. The average molecular weight is 238 g/mol. The lowest BCUT2D eigenvalue weighted by molar-refractivity contribution is 0.503. The van der Waals surface area contributed by atoms with E-state index in [1.807, 2.05) is 0 Å². The van der Waals surface area contributed by atoms with Gasteiger partial charge in [0.25, 0.3) is 0 Å². The number of halogens is 2. The molecule has 0 saturated carbocycles. The molecule has 0 spiro atoms. The fourth-order valence-electron chi connectivity index (χ4n) is 1.63. The van der Waals surface area contributed by atoms with Crippen LogP contribution in [-0.4, -0.2) is 9.78 Å². The predicted molar refractivity (Wildman–Crippen MR) is 58.7 cm³/mol. The maximum absolute atomic E-state index is 13.1. The molecule has 0 saturated heterocycles. The summed E-state index contributed by atoms with van der Waals surface area (Å²) in [6.45, 7) is 0. The molecule has 1 heterocycles. The molecular formula is C11H12F2N4. The van der Waals surface area contributed by atoms with E-state index in [9.17, 15) is 8.78 Å². The van der Waals surface area contributed by atoms with Gasteiger partial charge in [0.2, 0.25) is 0 Å². The molecule has 90 valence electrons. The minimum Gasteiger partial charge on any atom is -0.275 e. The van der Waals surface area contributed by atoms with Crippen molar-refractivity contribution in [1.82, 2.24) is 15.2 Å². The van der Waals surface area contributed by atoms with E-state index in [0.717, 1.165) is 12.1 Å². The summed E-state index contributed by atoms with van der Waals surface area (Å²) in [5.74, 6) is 3.63. The monoisotopic (exact) mass is 238 g/mol. The number of aromatic nitrogens is 2. The van der Waals surface area contributed by atoms with Gasteiger partial charge in [-0.3, -0.25) is 10.5 Å². The van der Waals surface area contributed by atoms with Crippen molar-refractivity contribution >= 4 is 0 Å². The Hall–Kier alpha value is -1.79. The molecule has 17 heavy (non-hydrogen) atoms. The standard InChI is InChI=1S/C11H12F2N4/c1-17-5-4-10(16-17)11(15-14)7-2-3-8(12)9(13)6-7/h2-6,11,15H,14H2,1H3. The first-order valence-electron chi connectivity index (χ1n) is 5.02. The minimum atomic E-state index is -0.904. The van der Waals surface area contributed by atoms with E-state index in [4.69, 9.17) is 5.84 Å². The van der Waals surface area contributed by atoms with E-state index in [1.165, 1.54) is 6.07 Å². The topological polar surface area (TPSA) is 55.9 Å². The maximum Gasteiger partial charge on any atom is 0.159 e. The van der Waals surface area contributed by atoms with Crippen LogP contribution in [0, 0.1) is 11.6 Å². The Morgan fingerprint density at radius 3 is 2.59 bits per heavy atom. The van der Waals surface area contributed by atoms with Crippen molar-refractivity contribution in [2.24, 2.45) is 12.9 Å². The van der Waals surface area contributed by atoms with Crippen LogP contribution in [-0.2, 0) is 7.05 Å². The third kappa shape index (κ3) is 2.32. The lowest BCUT2D eigenvalue weighted by Gasteiger charge is -2.14. The average Bonchev–Trinajstić information content (AvgIpc) is 2.71. The second-order valence-electron chi connectivity index (χ2n) is 3.69. The van der Waals surface area contributed by atoms with E-state index in [-0.39, 0.29) is 0 Å². The van der Waals surface area contributed by atoms with Gasteiger partial charge in [0, 0.05) is 13.2 Å². The normalized spacial score (nSPS) is 12.7. The van der Waals surface area contributed by atoms with Crippen LogP contribution in [0.4, 0.5) is 8.78 Å². The van der Waals surface area contributed by atoms with Crippen molar-refractivity contribution in [2.75, 3.05) is 0 Å². The highest BCUT2D eigenvalue weighted by Gasteiger charge is 2.16. The Kier molecular flexibility index (Phi) is 3.16. The SMILES string of the molecule is Cn1ccc(C(NN)c2ccc(F)c(F)c2)n1. The fraction of sp³-hybridized carbons (Fsp3) is 0.182. The molecule has 2 aromatic rings. The number of nitrogens with two attached hydrogens (primary N) is 1. The first-order valence-corrected chi connectivity index (χ1v) is 5.02. The Morgan fingerprint density at radius 2 is 2.06 bits per heavy atom. The number of hydrogen-bond donors (Lipinski definition) is 2. The van der Waals surface area contributed by atoms with Gasteiger partial charge in [0.05, 0.1) is 11.7 Å². The molecule has 0 fully saturated rings. The molecule has 0 amide bonds. The Morgan fingerprint density at radius 1 is 1.29 bits per heavy atom. The lowest BCUT2D eigenvalue weighted by Crippen LogP contribution is -2.29. The number of hydrazine groups is 1. The van der Waals surface area contributed by atoms with Gasteiger partial charge in [-0.15, -0.1) is 0 Å². The molecule has 1 aromatic carbocycles. The third-order valence-corrected chi connectivity index (χ3v) is 2.47.